The lowest BCUT2D eigenvalue weighted by atomic mass is 10.2. The van der Waals surface area contributed by atoms with Crippen LogP contribution in [0, 0.1) is 6.92 Å². The Morgan fingerprint density at radius 3 is 2.24 bits per heavy atom. The Hall–Kier alpha value is -2.94. The summed E-state index contributed by atoms with van der Waals surface area (Å²) in [6.07, 6.45) is 0. The highest BCUT2D eigenvalue weighted by Crippen LogP contribution is 2.31. The van der Waals surface area contributed by atoms with Gasteiger partial charge in [0.15, 0.2) is 11.5 Å². The van der Waals surface area contributed by atoms with Gasteiger partial charge in [-0.05, 0) is 36.8 Å². The molecule has 0 spiro atoms. The minimum absolute atomic E-state index is 0.0345. The standard InChI is InChI=1S/C16H17N3O5S/c1-9-6-12-13(18-16(20)17-12)8-11(9)19-25(21,22)10-4-5-14(23-2)15(7-10)24-3/h4-8,19H,1-3H3,(H2,17,18,20). The molecular formula is C16H17N3O5S. The van der Waals surface area contributed by atoms with Crippen LogP contribution in [0.1, 0.15) is 5.56 Å². The number of aromatic amines is 2. The second-order valence-electron chi connectivity index (χ2n) is 5.41. The SMILES string of the molecule is COc1ccc(S(=O)(=O)Nc2cc3[nH]c(=O)[nH]c3cc2C)cc1OC. The summed E-state index contributed by atoms with van der Waals surface area (Å²) in [5.41, 5.74) is 1.82. The minimum Gasteiger partial charge on any atom is -0.493 e. The molecule has 0 fully saturated rings. The maximum atomic E-state index is 12.7. The van der Waals surface area contributed by atoms with Crippen LogP contribution in [0.5, 0.6) is 11.5 Å². The molecule has 1 heterocycles. The molecule has 25 heavy (non-hydrogen) atoms. The van der Waals surface area contributed by atoms with Crippen LogP contribution in [0.4, 0.5) is 5.69 Å². The van der Waals surface area contributed by atoms with Gasteiger partial charge in [0.2, 0.25) is 0 Å². The van der Waals surface area contributed by atoms with Crippen LogP contribution >= 0.6 is 0 Å². The normalized spacial score (nSPS) is 11.5. The molecular weight excluding hydrogens is 346 g/mol. The first-order valence-electron chi connectivity index (χ1n) is 7.31. The van der Waals surface area contributed by atoms with Crippen LogP contribution in [0.2, 0.25) is 0 Å². The summed E-state index contributed by atoms with van der Waals surface area (Å²) < 4.78 is 38.1. The molecule has 0 amide bonds. The van der Waals surface area contributed by atoms with Crippen molar-refractivity contribution in [2.45, 2.75) is 11.8 Å². The van der Waals surface area contributed by atoms with Gasteiger partial charge in [0.25, 0.3) is 10.0 Å². The summed E-state index contributed by atoms with van der Waals surface area (Å²) in [6.45, 7) is 1.75. The molecule has 0 bridgehead atoms. The van der Waals surface area contributed by atoms with Crippen molar-refractivity contribution in [1.82, 2.24) is 9.97 Å². The molecule has 1 aromatic heterocycles. The maximum absolute atomic E-state index is 12.7. The monoisotopic (exact) mass is 363 g/mol. The van der Waals surface area contributed by atoms with Crippen molar-refractivity contribution in [3.05, 3.63) is 46.4 Å². The first-order valence-corrected chi connectivity index (χ1v) is 8.80. The van der Waals surface area contributed by atoms with E-state index in [4.69, 9.17) is 9.47 Å². The molecule has 2 aromatic carbocycles. The van der Waals surface area contributed by atoms with Gasteiger partial charge in [-0.1, -0.05) is 0 Å². The second-order valence-corrected chi connectivity index (χ2v) is 7.10. The first-order chi connectivity index (χ1) is 11.8. The van der Waals surface area contributed by atoms with E-state index in [1.54, 1.807) is 19.1 Å². The lowest BCUT2D eigenvalue weighted by Crippen LogP contribution is -2.14. The van der Waals surface area contributed by atoms with E-state index in [1.807, 2.05) is 0 Å². The third-order valence-corrected chi connectivity index (χ3v) is 5.13. The van der Waals surface area contributed by atoms with E-state index in [0.717, 1.165) is 0 Å². The van der Waals surface area contributed by atoms with Crippen LogP contribution in [0.15, 0.2) is 40.0 Å². The number of fused-ring (bicyclic) bond motifs is 1. The van der Waals surface area contributed by atoms with Gasteiger partial charge < -0.3 is 19.4 Å². The average molecular weight is 363 g/mol. The van der Waals surface area contributed by atoms with Crippen molar-refractivity contribution in [2.24, 2.45) is 0 Å². The quantitative estimate of drug-likeness (QED) is 0.641. The average Bonchev–Trinajstić information content (AvgIpc) is 2.93. The highest BCUT2D eigenvalue weighted by molar-refractivity contribution is 7.92. The first kappa shape index (κ1) is 16.9. The molecule has 0 unspecified atom stereocenters. The summed E-state index contributed by atoms with van der Waals surface area (Å²) >= 11 is 0. The summed E-state index contributed by atoms with van der Waals surface area (Å²) in [5.74, 6) is 0.747. The fraction of sp³-hybridized carbons (Fsp3) is 0.188. The van der Waals surface area contributed by atoms with E-state index in [9.17, 15) is 13.2 Å². The topological polar surface area (TPSA) is 113 Å². The van der Waals surface area contributed by atoms with Crippen LogP contribution < -0.4 is 19.9 Å². The van der Waals surface area contributed by atoms with E-state index >= 15 is 0 Å². The predicted molar refractivity (Wildman–Crippen MR) is 94.0 cm³/mol. The number of nitrogens with one attached hydrogen (secondary N) is 3. The van der Waals surface area contributed by atoms with Crippen LogP contribution in [0.3, 0.4) is 0 Å². The fourth-order valence-corrected chi connectivity index (χ4v) is 3.62. The Bertz CT molecular complexity index is 1100. The Balaban J connectivity index is 2.01. The molecule has 3 aromatic rings. The fourth-order valence-electron chi connectivity index (χ4n) is 2.49. The zero-order valence-electron chi connectivity index (χ0n) is 13.8. The van der Waals surface area contributed by atoms with Crippen molar-refractivity contribution in [2.75, 3.05) is 18.9 Å². The van der Waals surface area contributed by atoms with Gasteiger partial charge >= 0.3 is 5.69 Å². The predicted octanol–water partition coefficient (Wildman–Crippen LogP) is 1.98. The van der Waals surface area contributed by atoms with Crippen molar-refractivity contribution in [3.8, 4) is 11.5 Å². The zero-order chi connectivity index (χ0) is 18.2. The number of hydrogen-bond donors (Lipinski definition) is 3. The Kier molecular flexibility index (Phi) is 4.17. The smallest absolute Gasteiger partial charge is 0.323 e. The molecule has 8 nitrogen and oxygen atoms in total. The van der Waals surface area contributed by atoms with Crippen molar-refractivity contribution < 1.29 is 17.9 Å². The van der Waals surface area contributed by atoms with E-state index in [1.165, 1.54) is 32.4 Å². The van der Waals surface area contributed by atoms with Crippen LogP contribution in [-0.2, 0) is 10.0 Å². The van der Waals surface area contributed by atoms with Crippen LogP contribution in [0.25, 0.3) is 11.0 Å². The number of benzene rings is 2. The lowest BCUT2D eigenvalue weighted by molar-refractivity contribution is 0.354. The largest absolute Gasteiger partial charge is 0.493 e. The summed E-state index contributed by atoms with van der Waals surface area (Å²) in [4.78, 5) is 16.6. The summed E-state index contributed by atoms with van der Waals surface area (Å²) in [5, 5.41) is 0. The van der Waals surface area contributed by atoms with Crippen LogP contribution in [-0.4, -0.2) is 32.6 Å². The number of aromatic nitrogens is 2. The van der Waals surface area contributed by atoms with Gasteiger partial charge in [0.05, 0.1) is 35.8 Å². The highest BCUT2D eigenvalue weighted by Gasteiger charge is 2.18. The molecule has 0 saturated carbocycles. The number of imidazole rings is 1. The van der Waals surface area contributed by atoms with Crippen molar-refractivity contribution >= 4 is 26.7 Å². The number of aryl methyl sites for hydroxylation is 1. The Morgan fingerprint density at radius 2 is 1.60 bits per heavy atom. The lowest BCUT2D eigenvalue weighted by Gasteiger charge is -2.13. The Labute approximate surface area is 143 Å². The zero-order valence-corrected chi connectivity index (χ0v) is 14.7. The number of rotatable bonds is 5. The molecule has 132 valence electrons. The molecule has 0 aliphatic heterocycles. The number of anilines is 1. The maximum Gasteiger partial charge on any atom is 0.323 e. The summed E-state index contributed by atoms with van der Waals surface area (Å²) in [6, 6.07) is 7.59. The van der Waals surface area contributed by atoms with Gasteiger partial charge in [0.1, 0.15) is 0 Å². The van der Waals surface area contributed by atoms with Gasteiger partial charge in [0, 0.05) is 6.07 Å². The van der Waals surface area contributed by atoms with Crippen molar-refractivity contribution in [1.29, 1.82) is 0 Å². The molecule has 3 N–H and O–H groups in total. The number of hydrogen-bond acceptors (Lipinski definition) is 5. The van der Waals surface area contributed by atoms with Gasteiger partial charge in [-0.15, -0.1) is 0 Å². The number of ether oxygens (including phenoxy) is 2. The Morgan fingerprint density at radius 1 is 0.960 bits per heavy atom. The molecule has 0 saturated heterocycles. The molecule has 0 aliphatic rings. The number of methoxy groups -OCH3 is 2. The molecule has 9 heteroatoms. The third-order valence-electron chi connectivity index (χ3n) is 3.77. The molecule has 0 atom stereocenters. The third kappa shape index (κ3) is 3.18. The van der Waals surface area contributed by atoms with Gasteiger partial charge in [-0.25, -0.2) is 13.2 Å². The molecule has 0 radical (unpaired) electrons. The van der Waals surface area contributed by atoms with E-state index < -0.39 is 10.0 Å². The minimum atomic E-state index is -3.84. The number of H-pyrrole nitrogens is 2. The van der Waals surface area contributed by atoms with Gasteiger partial charge in [-0.2, -0.15) is 0 Å². The highest BCUT2D eigenvalue weighted by atomic mass is 32.2. The molecule has 3 rings (SSSR count). The van der Waals surface area contributed by atoms with E-state index in [0.29, 0.717) is 33.8 Å². The number of sulfonamides is 1. The van der Waals surface area contributed by atoms with Crippen molar-refractivity contribution in [3.63, 3.8) is 0 Å². The van der Waals surface area contributed by atoms with E-state index in [2.05, 4.69) is 14.7 Å². The van der Waals surface area contributed by atoms with E-state index in [-0.39, 0.29) is 10.6 Å². The second kappa shape index (κ2) is 6.17. The summed E-state index contributed by atoms with van der Waals surface area (Å²) in [7, 11) is -0.938. The van der Waals surface area contributed by atoms with Gasteiger partial charge in [-0.3, -0.25) is 4.72 Å². The molecule has 0 aliphatic carbocycles.